The Morgan fingerprint density at radius 1 is 1.19 bits per heavy atom. The molecule has 0 radical (unpaired) electrons. The minimum atomic E-state index is -0.131. The van der Waals surface area contributed by atoms with E-state index in [4.69, 9.17) is 0 Å². The first-order valence-electron chi connectivity index (χ1n) is 6.66. The molecule has 2 heterocycles. The van der Waals surface area contributed by atoms with Crippen LogP contribution in [-0.2, 0) is 17.9 Å². The van der Waals surface area contributed by atoms with Crippen molar-refractivity contribution in [3.05, 3.63) is 60.4 Å². The third kappa shape index (κ3) is 2.78. The van der Waals surface area contributed by atoms with Gasteiger partial charge in [-0.15, -0.1) is 0 Å². The lowest BCUT2D eigenvalue weighted by Gasteiger charge is -2.06. The predicted molar refractivity (Wildman–Crippen MR) is 80.7 cm³/mol. The molecule has 0 aliphatic heterocycles. The molecule has 3 rings (SSSR count). The monoisotopic (exact) mass is 281 g/mol. The molecule has 0 unspecified atom stereocenters. The van der Waals surface area contributed by atoms with Gasteiger partial charge in [-0.25, -0.2) is 4.98 Å². The number of carbonyl (C=O) groups excluding carboxylic acids is 1. The molecule has 5 nitrogen and oxygen atoms in total. The number of hydrogen-bond acceptors (Lipinski definition) is 3. The maximum atomic E-state index is 12.1. The smallest absolute Gasteiger partial charge is 0.244 e. The Bertz CT molecular complexity index is 766. The van der Waals surface area contributed by atoms with Crippen LogP contribution in [0.15, 0.2) is 54.9 Å². The van der Waals surface area contributed by atoms with Crippen LogP contribution in [0.5, 0.6) is 0 Å². The predicted octanol–water partition coefficient (Wildman–Crippen LogP) is 2.17. The molecule has 0 saturated heterocycles. The van der Waals surface area contributed by atoms with Gasteiger partial charge in [-0.1, -0.05) is 18.2 Å². The molecular formula is C16H15N3O2. The zero-order chi connectivity index (χ0) is 14.7. The zero-order valence-corrected chi connectivity index (χ0v) is 11.4. The highest BCUT2D eigenvalue weighted by Crippen LogP contribution is 2.19. The van der Waals surface area contributed by atoms with E-state index < -0.39 is 0 Å². The lowest BCUT2D eigenvalue weighted by Crippen LogP contribution is -2.18. The topological polar surface area (TPSA) is 67.2 Å². The number of aromatic nitrogens is 2. The van der Waals surface area contributed by atoms with Crippen molar-refractivity contribution in [3.8, 4) is 0 Å². The Morgan fingerprint density at radius 3 is 2.76 bits per heavy atom. The molecule has 3 aromatic rings. The summed E-state index contributed by atoms with van der Waals surface area (Å²) in [6.45, 7) is 0.0813. The van der Waals surface area contributed by atoms with Crippen LogP contribution in [0.25, 0.3) is 11.0 Å². The van der Waals surface area contributed by atoms with E-state index in [-0.39, 0.29) is 19.1 Å². The molecule has 0 spiro atoms. The minimum Gasteiger partial charge on any atom is -0.392 e. The molecule has 0 atom stereocenters. The Morgan fingerprint density at radius 2 is 2.00 bits per heavy atom. The number of aliphatic hydroxyl groups is 1. The van der Waals surface area contributed by atoms with Crippen molar-refractivity contribution in [2.24, 2.45) is 0 Å². The van der Waals surface area contributed by atoms with Gasteiger partial charge < -0.3 is 15.0 Å². The van der Waals surface area contributed by atoms with Crippen LogP contribution in [0.4, 0.5) is 5.69 Å². The van der Waals surface area contributed by atoms with Gasteiger partial charge in [0.2, 0.25) is 5.91 Å². The second kappa shape index (κ2) is 5.76. The van der Waals surface area contributed by atoms with E-state index in [1.807, 2.05) is 42.5 Å². The SMILES string of the molecule is O=C(Cn1cc(CO)c2cccnc21)Nc1ccccc1. The Labute approximate surface area is 121 Å². The molecule has 1 amide bonds. The second-order valence-corrected chi connectivity index (χ2v) is 4.73. The van der Waals surface area contributed by atoms with Crippen molar-refractivity contribution in [3.63, 3.8) is 0 Å². The number of pyridine rings is 1. The van der Waals surface area contributed by atoms with Gasteiger partial charge in [0, 0.05) is 29.0 Å². The van der Waals surface area contributed by atoms with Crippen LogP contribution in [0.1, 0.15) is 5.56 Å². The summed E-state index contributed by atoms with van der Waals surface area (Å²) in [5, 5.41) is 13.1. The van der Waals surface area contributed by atoms with E-state index in [0.29, 0.717) is 5.65 Å². The summed E-state index contributed by atoms with van der Waals surface area (Å²) in [5.41, 5.74) is 2.23. The highest BCUT2D eigenvalue weighted by atomic mass is 16.3. The Kier molecular flexibility index (Phi) is 3.66. The van der Waals surface area contributed by atoms with Crippen LogP contribution in [-0.4, -0.2) is 20.6 Å². The fraction of sp³-hybridized carbons (Fsp3) is 0.125. The number of amides is 1. The summed E-state index contributed by atoms with van der Waals surface area (Å²) < 4.78 is 1.75. The quantitative estimate of drug-likeness (QED) is 0.770. The first kappa shape index (κ1) is 13.3. The minimum absolute atomic E-state index is 0.0739. The number of nitrogens with one attached hydrogen (secondary N) is 1. The standard InChI is InChI=1S/C16H15N3O2/c20-11-12-9-19(16-14(12)7-4-8-17-16)10-15(21)18-13-5-2-1-3-6-13/h1-9,20H,10-11H2,(H,18,21). The molecule has 0 aliphatic rings. The number of para-hydroxylation sites is 1. The molecule has 2 N–H and O–H groups in total. The number of rotatable bonds is 4. The van der Waals surface area contributed by atoms with Crippen LogP contribution >= 0.6 is 0 Å². The maximum Gasteiger partial charge on any atom is 0.244 e. The molecule has 106 valence electrons. The largest absolute Gasteiger partial charge is 0.392 e. The number of aliphatic hydroxyl groups excluding tert-OH is 1. The van der Waals surface area contributed by atoms with Crippen molar-refractivity contribution in [2.45, 2.75) is 13.2 Å². The van der Waals surface area contributed by atoms with Crippen LogP contribution in [0, 0.1) is 0 Å². The molecule has 21 heavy (non-hydrogen) atoms. The summed E-state index contributed by atoms with van der Waals surface area (Å²) in [7, 11) is 0. The molecule has 1 aromatic carbocycles. The number of nitrogens with zero attached hydrogens (tertiary/aromatic N) is 2. The van der Waals surface area contributed by atoms with Crippen molar-refractivity contribution in [1.82, 2.24) is 9.55 Å². The van der Waals surface area contributed by atoms with E-state index in [1.165, 1.54) is 0 Å². The second-order valence-electron chi connectivity index (χ2n) is 4.73. The summed E-state index contributed by atoms with van der Waals surface area (Å²) in [6, 6.07) is 13.0. The summed E-state index contributed by atoms with van der Waals surface area (Å²) in [5.74, 6) is -0.131. The van der Waals surface area contributed by atoms with Crippen molar-refractivity contribution in [2.75, 3.05) is 5.32 Å². The van der Waals surface area contributed by atoms with Gasteiger partial charge >= 0.3 is 0 Å². The molecule has 0 aliphatic carbocycles. The van der Waals surface area contributed by atoms with Gasteiger partial charge in [0.25, 0.3) is 0 Å². The number of fused-ring (bicyclic) bond motifs is 1. The summed E-state index contributed by atoms with van der Waals surface area (Å²) >= 11 is 0. The fourth-order valence-electron chi connectivity index (χ4n) is 2.32. The summed E-state index contributed by atoms with van der Waals surface area (Å²) in [6.07, 6.45) is 3.44. The van der Waals surface area contributed by atoms with E-state index >= 15 is 0 Å². The van der Waals surface area contributed by atoms with Gasteiger partial charge in [0.1, 0.15) is 12.2 Å². The average molecular weight is 281 g/mol. The van der Waals surface area contributed by atoms with Crippen molar-refractivity contribution < 1.29 is 9.90 Å². The lowest BCUT2D eigenvalue weighted by atomic mass is 10.2. The molecule has 0 fully saturated rings. The zero-order valence-electron chi connectivity index (χ0n) is 11.4. The van der Waals surface area contributed by atoms with Gasteiger partial charge in [0.15, 0.2) is 0 Å². The lowest BCUT2D eigenvalue weighted by molar-refractivity contribution is -0.116. The maximum absolute atomic E-state index is 12.1. The molecule has 0 saturated carbocycles. The van der Waals surface area contributed by atoms with Gasteiger partial charge in [-0.3, -0.25) is 4.79 Å². The highest BCUT2D eigenvalue weighted by Gasteiger charge is 2.11. The van der Waals surface area contributed by atoms with E-state index in [9.17, 15) is 9.90 Å². The van der Waals surface area contributed by atoms with Gasteiger partial charge in [-0.05, 0) is 24.3 Å². The van der Waals surface area contributed by atoms with Crippen LogP contribution in [0.3, 0.4) is 0 Å². The Hall–Kier alpha value is -2.66. The first-order chi connectivity index (χ1) is 10.3. The van der Waals surface area contributed by atoms with E-state index in [1.54, 1.807) is 17.0 Å². The van der Waals surface area contributed by atoms with E-state index in [2.05, 4.69) is 10.3 Å². The molecule has 2 aromatic heterocycles. The molecule has 0 bridgehead atoms. The van der Waals surface area contributed by atoms with Gasteiger partial charge in [0.05, 0.1) is 6.61 Å². The fourth-order valence-corrected chi connectivity index (χ4v) is 2.32. The third-order valence-electron chi connectivity index (χ3n) is 3.26. The van der Waals surface area contributed by atoms with Gasteiger partial charge in [-0.2, -0.15) is 0 Å². The third-order valence-corrected chi connectivity index (χ3v) is 3.26. The van der Waals surface area contributed by atoms with Crippen molar-refractivity contribution >= 4 is 22.6 Å². The highest BCUT2D eigenvalue weighted by molar-refractivity contribution is 5.92. The summed E-state index contributed by atoms with van der Waals surface area (Å²) in [4.78, 5) is 16.4. The number of benzene rings is 1. The first-order valence-corrected chi connectivity index (χ1v) is 6.66. The average Bonchev–Trinajstić information content (AvgIpc) is 2.86. The number of anilines is 1. The Balaban J connectivity index is 1.83. The van der Waals surface area contributed by atoms with Crippen LogP contribution in [0.2, 0.25) is 0 Å². The molecule has 5 heteroatoms. The van der Waals surface area contributed by atoms with Crippen LogP contribution < -0.4 is 5.32 Å². The number of carbonyl (C=O) groups is 1. The normalized spacial score (nSPS) is 10.7. The van der Waals surface area contributed by atoms with Crippen molar-refractivity contribution in [1.29, 1.82) is 0 Å². The molecular weight excluding hydrogens is 266 g/mol. The van der Waals surface area contributed by atoms with E-state index in [0.717, 1.165) is 16.6 Å². The number of hydrogen-bond donors (Lipinski definition) is 2.